The molecule has 0 aromatic heterocycles. The van der Waals surface area contributed by atoms with Crippen LogP contribution in [0.5, 0.6) is 11.5 Å². The maximum Gasteiger partial charge on any atom is 0.335 e. The van der Waals surface area contributed by atoms with Crippen LogP contribution in [0.4, 0.5) is 11.4 Å². The number of nitrogens with one attached hydrogen (secondary N) is 2. The largest absolute Gasteiger partial charge is 0.493 e. The number of carbonyl (C=O) groups is 3. The molecule has 0 aliphatic rings. The van der Waals surface area contributed by atoms with Gasteiger partial charge in [0.05, 0.1) is 12.7 Å². The summed E-state index contributed by atoms with van der Waals surface area (Å²) in [4.78, 5) is 36.3. The lowest BCUT2D eigenvalue weighted by atomic mass is 10.1. The molecule has 0 aliphatic carbocycles. The topological polar surface area (TPSA) is 138 Å². The number of hydrogen-bond donors (Lipinski definition) is 3. The maximum atomic E-state index is 12.7. The number of carbonyl (C=O) groups excluding carboxylic acids is 2. The fraction of sp³-hybridized carbons (Fsp3) is 0.111. The van der Waals surface area contributed by atoms with Crippen LogP contribution < -0.4 is 20.1 Å². The molecule has 3 aromatic carbocycles. The third-order valence-corrected chi connectivity index (χ3v) is 4.94. The maximum absolute atomic E-state index is 12.7. The Morgan fingerprint density at radius 3 is 2.39 bits per heavy atom. The molecule has 0 heterocycles. The standard InChI is InChI=1S/C27H23N3O6/c1-17-9-11-21(12-10-17)29-24(31)16-36-25-18(5-4-8-23(25)35-2)13-20(15-28)26(32)30-22-7-3-6-19(14-22)27(33)34/h3-14H,16H2,1-2H3,(H,29,31)(H,30,32)(H,33,34). The van der Waals surface area contributed by atoms with Gasteiger partial charge in [-0.15, -0.1) is 0 Å². The van der Waals surface area contributed by atoms with Crippen LogP contribution >= 0.6 is 0 Å². The summed E-state index contributed by atoms with van der Waals surface area (Å²) in [6, 6.07) is 19.6. The molecule has 3 aromatic rings. The summed E-state index contributed by atoms with van der Waals surface area (Å²) in [7, 11) is 1.43. The molecule has 0 unspecified atom stereocenters. The molecule has 0 atom stereocenters. The molecule has 0 saturated heterocycles. The molecular weight excluding hydrogens is 462 g/mol. The molecule has 3 rings (SSSR count). The van der Waals surface area contributed by atoms with Crippen molar-refractivity contribution in [3.8, 4) is 17.6 Å². The Hall–Kier alpha value is -5.10. The van der Waals surface area contributed by atoms with Crippen LogP contribution in [-0.2, 0) is 9.59 Å². The lowest BCUT2D eigenvalue weighted by Crippen LogP contribution is -2.20. The molecular formula is C27H23N3O6. The lowest BCUT2D eigenvalue weighted by molar-refractivity contribution is -0.118. The minimum atomic E-state index is -1.15. The number of benzene rings is 3. The Bertz CT molecular complexity index is 1360. The predicted molar refractivity (Wildman–Crippen MR) is 134 cm³/mol. The molecule has 182 valence electrons. The van der Waals surface area contributed by atoms with E-state index in [4.69, 9.17) is 14.6 Å². The highest BCUT2D eigenvalue weighted by atomic mass is 16.5. The summed E-state index contributed by atoms with van der Waals surface area (Å²) >= 11 is 0. The van der Waals surface area contributed by atoms with Gasteiger partial charge in [-0.05, 0) is 49.4 Å². The first-order valence-corrected chi connectivity index (χ1v) is 10.7. The Kier molecular flexibility index (Phi) is 8.40. The number of nitrogens with zero attached hydrogens (tertiary/aromatic N) is 1. The van der Waals surface area contributed by atoms with Crippen LogP contribution in [0, 0.1) is 18.3 Å². The molecule has 0 radical (unpaired) electrons. The first-order valence-electron chi connectivity index (χ1n) is 10.7. The van der Waals surface area contributed by atoms with E-state index < -0.39 is 17.8 Å². The van der Waals surface area contributed by atoms with E-state index in [9.17, 15) is 19.6 Å². The van der Waals surface area contributed by atoms with Crippen molar-refractivity contribution in [2.24, 2.45) is 0 Å². The molecule has 0 spiro atoms. The molecule has 0 fully saturated rings. The normalized spacial score (nSPS) is 10.6. The van der Waals surface area contributed by atoms with Crippen LogP contribution in [0.1, 0.15) is 21.5 Å². The predicted octanol–water partition coefficient (Wildman–Crippen LogP) is 4.27. The summed E-state index contributed by atoms with van der Waals surface area (Å²) < 4.78 is 11.0. The Morgan fingerprint density at radius 1 is 1.00 bits per heavy atom. The van der Waals surface area contributed by atoms with Gasteiger partial charge in [-0.1, -0.05) is 35.9 Å². The van der Waals surface area contributed by atoms with Crippen molar-refractivity contribution >= 4 is 35.2 Å². The van der Waals surface area contributed by atoms with Crippen molar-refractivity contribution in [2.75, 3.05) is 24.4 Å². The van der Waals surface area contributed by atoms with Crippen molar-refractivity contribution in [2.45, 2.75) is 6.92 Å². The first-order chi connectivity index (χ1) is 17.3. The lowest BCUT2D eigenvalue weighted by Gasteiger charge is -2.14. The second kappa shape index (κ2) is 11.9. The summed E-state index contributed by atoms with van der Waals surface area (Å²) in [5.74, 6) is -1.82. The second-order valence-corrected chi connectivity index (χ2v) is 7.59. The van der Waals surface area contributed by atoms with Gasteiger partial charge in [0.1, 0.15) is 11.6 Å². The average molecular weight is 485 g/mol. The summed E-state index contributed by atoms with van der Waals surface area (Å²) in [5, 5.41) is 24.0. The Labute approximate surface area is 207 Å². The molecule has 0 saturated carbocycles. The van der Waals surface area contributed by atoms with Crippen LogP contribution in [0.3, 0.4) is 0 Å². The fourth-order valence-electron chi connectivity index (χ4n) is 3.17. The van der Waals surface area contributed by atoms with Gasteiger partial charge in [0.15, 0.2) is 18.1 Å². The number of carboxylic acid groups (broad SMARTS) is 1. The number of hydrogen-bond acceptors (Lipinski definition) is 6. The van der Waals surface area contributed by atoms with E-state index in [1.807, 2.05) is 25.1 Å². The van der Waals surface area contributed by atoms with Gasteiger partial charge in [0.2, 0.25) is 0 Å². The van der Waals surface area contributed by atoms with Crippen molar-refractivity contribution in [3.63, 3.8) is 0 Å². The minimum Gasteiger partial charge on any atom is -0.493 e. The number of ether oxygens (including phenoxy) is 2. The van der Waals surface area contributed by atoms with Crippen molar-refractivity contribution < 1.29 is 29.0 Å². The number of rotatable bonds is 9. The van der Waals surface area contributed by atoms with E-state index in [1.165, 1.54) is 37.5 Å². The Balaban J connectivity index is 1.79. The van der Waals surface area contributed by atoms with Crippen molar-refractivity contribution in [1.82, 2.24) is 0 Å². The van der Waals surface area contributed by atoms with Gasteiger partial charge in [0.25, 0.3) is 11.8 Å². The van der Waals surface area contributed by atoms with E-state index in [0.717, 1.165) is 5.56 Å². The van der Waals surface area contributed by atoms with Gasteiger partial charge in [-0.2, -0.15) is 5.26 Å². The van der Waals surface area contributed by atoms with Crippen LogP contribution in [0.2, 0.25) is 0 Å². The van der Waals surface area contributed by atoms with Crippen LogP contribution in [-0.4, -0.2) is 36.6 Å². The first kappa shape index (κ1) is 25.5. The van der Waals surface area contributed by atoms with E-state index in [1.54, 1.807) is 30.3 Å². The van der Waals surface area contributed by atoms with Crippen molar-refractivity contribution in [1.29, 1.82) is 5.26 Å². The molecule has 36 heavy (non-hydrogen) atoms. The van der Waals surface area contributed by atoms with Gasteiger partial charge >= 0.3 is 5.97 Å². The highest BCUT2D eigenvalue weighted by Crippen LogP contribution is 2.33. The van der Waals surface area contributed by atoms with Gasteiger partial charge < -0.3 is 25.2 Å². The number of carboxylic acids is 1. The molecule has 0 aliphatic heterocycles. The zero-order chi connectivity index (χ0) is 26.1. The van der Waals surface area contributed by atoms with E-state index >= 15 is 0 Å². The molecule has 3 N–H and O–H groups in total. The highest BCUT2D eigenvalue weighted by molar-refractivity contribution is 6.10. The second-order valence-electron chi connectivity index (χ2n) is 7.59. The van der Waals surface area contributed by atoms with E-state index in [2.05, 4.69) is 10.6 Å². The zero-order valence-corrected chi connectivity index (χ0v) is 19.6. The number of anilines is 2. The van der Waals surface area contributed by atoms with E-state index in [0.29, 0.717) is 17.0 Å². The monoisotopic (exact) mass is 485 g/mol. The SMILES string of the molecule is COc1cccc(C=C(C#N)C(=O)Nc2cccc(C(=O)O)c2)c1OCC(=O)Nc1ccc(C)cc1. The molecule has 9 heteroatoms. The average Bonchev–Trinajstić information content (AvgIpc) is 2.87. The number of nitriles is 1. The van der Waals surface area contributed by atoms with E-state index in [-0.39, 0.29) is 29.2 Å². The third kappa shape index (κ3) is 6.71. The van der Waals surface area contributed by atoms with Gasteiger partial charge in [-0.3, -0.25) is 9.59 Å². The van der Waals surface area contributed by atoms with Gasteiger partial charge in [-0.25, -0.2) is 4.79 Å². The number of methoxy groups -OCH3 is 1. The minimum absolute atomic E-state index is 0.0114. The molecule has 0 bridgehead atoms. The summed E-state index contributed by atoms with van der Waals surface area (Å²) in [5.41, 5.74) is 1.95. The fourth-order valence-corrected chi connectivity index (χ4v) is 3.17. The smallest absolute Gasteiger partial charge is 0.335 e. The number of para-hydroxylation sites is 1. The zero-order valence-electron chi connectivity index (χ0n) is 19.6. The summed E-state index contributed by atoms with van der Waals surface area (Å²) in [6.45, 7) is 1.60. The third-order valence-electron chi connectivity index (χ3n) is 4.94. The quantitative estimate of drug-likeness (QED) is 0.304. The number of amides is 2. The van der Waals surface area contributed by atoms with Gasteiger partial charge in [0, 0.05) is 16.9 Å². The number of aromatic carboxylic acids is 1. The number of aryl methyl sites for hydroxylation is 1. The molecule has 2 amide bonds. The highest BCUT2D eigenvalue weighted by Gasteiger charge is 2.16. The summed E-state index contributed by atoms with van der Waals surface area (Å²) in [6.07, 6.45) is 1.30. The van der Waals surface area contributed by atoms with Crippen molar-refractivity contribution in [3.05, 3.63) is 89.0 Å². The van der Waals surface area contributed by atoms with Crippen LogP contribution in [0.15, 0.2) is 72.3 Å². The Morgan fingerprint density at radius 2 is 1.72 bits per heavy atom. The van der Waals surface area contributed by atoms with Crippen LogP contribution in [0.25, 0.3) is 6.08 Å². The molecule has 9 nitrogen and oxygen atoms in total.